The Kier molecular flexibility index (Phi) is 4.17. The van der Waals surface area contributed by atoms with Crippen molar-refractivity contribution in [3.8, 4) is 17.6 Å². The second kappa shape index (κ2) is 5.25. The van der Waals surface area contributed by atoms with E-state index in [-0.39, 0.29) is 23.7 Å². The van der Waals surface area contributed by atoms with Crippen LogP contribution in [0.4, 0.5) is 0 Å². The Hall–Kier alpha value is -1.77. The van der Waals surface area contributed by atoms with E-state index in [1.54, 1.807) is 19.9 Å². The number of aromatic hydroxyl groups is 1. The number of rotatable bonds is 4. The van der Waals surface area contributed by atoms with Crippen LogP contribution in [0, 0.1) is 16.7 Å². The van der Waals surface area contributed by atoms with Gasteiger partial charge in [0.15, 0.2) is 11.5 Å². The molecule has 98 valence electrons. The molecule has 0 amide bonds. The van der Waals surface area contributed by atoms with Crippen LogP contribution in [-0.2, 0) is 0 Å². The van der Waals surface area contributed by atoms with Crippen molar-refractivity contribution < 1.29 is 14.9 Å². The number of phenolic OH excluding ortho intramolecular Hbond substituents is 1. The van der Waals surface area contributed by atoms with Gasteiger partial charge in [-0.15, -0.1) is 0 Å². The number of ether oxygens (including phenoxy) is 1. The predicted octanol–water partition coefficient (Wildman–Crippen LogP) is 1.29. The third-order valence-electron chi connectivity index (χ3n) is 3.08. The first kappa shape index (κ1) is 14.3. The van der Waals surface area contributed by atoms with Gasteiger partial charge in [-0.25, -0.2) is 0 Å². The summed E-state index contributed by atoms with van der Waals surface area (Å²) < 4.78 is 5.00. The van der Waals surface area contributed by atoms with Gasteiger partial charge < -0.3 is 20.7 Å². The van der Waals surface area contributed by atoms with E-state index in [0.29, 0.717) is 5.56 Å². The van der Waals surface area contributed by atoms with Gasteiger partial charge in [0.05, 0.1) is 18.7 Å². The van der Waals surface area contributed by atoms with Gasteiger partial charge in [0, 0.05) is 23.6 Å². The summed E-state index contributed by atoms with van der Waals surface area (Å²) in [4.78, 5) is 0. The maximum Gasteiger partial charge on any atom is 0.163 e. The molecule has 0 aliphatic heterocycles. The second-order valence-corrected chi connectivity index (χ2v) is 4.81. The summed E-state index contributed by atoms with van der Waals surface area (Å²) >= 11 is 0. The molecule has 0 aliphatic rings. The quantitative estimate of drug-likeness (QED) is 0.747. The fraction of sp³-hybridized carbons (Fsp3) is 0.462. The highest BCUT2D eigenvalue weighted by Gasteiger charge is 2.32. The SMILES string of the molecule is COc1ccc(C#N)c([C@H](N)C(C)(C)CO)c1O. The minimum absolute atomic E-state index is 0.148. The van der Waals surface area contributed by atoms with Crippen LogP contribution in [0.1, 0.15) is 31.0 Å². The molecule has 0 bridgehead atoms. The summed E-state index contributed by atoms with van der Waals surface area (Å²) in [5.41, 5.74) is 5.98. The molecule has 5 heteroatoms. The zero-order valence-corrected chi connectivity index (χ0v) is 10.8. The van der Waals surface area contributed by atoms with Crippen molar-refractivity contribution in [2.24, 2.45) is 11.1 Å². The highest BCUT2D eigenvalue weighted by Crippen LogP contribution is 2.41. The van der Waals surface area contributed by atoms with Crippen LogP contribution < -0.4 is 10.5 Å². The zero-order chi connectivity index (χ0) is 13.9. The summed E-state index contributed by atoms with van der Waals surface area (Å²) in [6.45, 7) is 3.37. The van der Waals surface area contributed by atoms with Crippen molar-refractivity contribution in [1.29, 1.82) is 5.26 Å². The van der Waals surface area contributed by atoms with Crippen LogP contribution in [0.15, 0.2) is 12.1 Å². The lowest BCUT2D eigenvalue weighted by atomic mass is 9.80. The van der Waals surface area contributed by atoms with Crippen molar-refractivity contribution in [1.82, 2.24) is 0 Å². The number of methoxy groups -OCH3 is 1. The summed E-state index contributed by atoms with van der Waals surface area (Å²) in [6, 6.07) is 4.37. The van der Waals surface area contributed by atoms with E-state index in [4.69, 9.17) is 15.7 Å². The molecule has 0 spiro atoms. The summed E-state index contributed by atoms with van der Waals surface area (Å²) in [6.07, 6.45) is 0. The number of phenols is 1. The molecule has 0 radical (unpaired) electrons. The zero-order valence-electron chi connectivity index (χ0n) is 10.8. The molecule has 0 fully saturated rings. The minimum Gasteiger partial charge on any atom is -0.504 e. The minimum atomic E-state index is -0.674. The highest BCUT2D eigenvalue weighted by molar-refractivity contribution is 5.55. The number of aliphatic hydroxyl groups excluding tert-OH is 1. The Morgan fingerprint density at radius 2 is 2.11 bits per heavy atom. The maximum absolute atomic E-state index is 10.1. The van der Waals surface area contributed by atoms with Gasteiger partial charge >= 0.3 is 0 Å². The van der Waals surface area contributed by atoms with Crippen molar-refractivity contribution in [2.45, 2.75) is 19.9 Å². The maximum atomic E-state index is 10.1. The fourth-order valence-corrected chi connectivity index (χ4v) is 1.65. The lowest BCUT2D eigenvalue weighted by Crippen LogP contribution is -2.33. The lowest BCUT2D eigenvalue weighted by Gasteiger charge is -2.31. The lowest BCUT2D eigenvalue weighted by molar-refractivity contribution is 0.131. The van der Waals surface area contributed by atoms with E-state index in [1.165, 1.54) is 13.2 Å². The van der Waals surface area contributed by atoms with E-state index >= 15 is 0 Å². The number of nitrogens with zero attached hydrogens (tertiary/aromatic N) is 1. The molecule has 0 heterocycles. The summed E-state index contributed by atoms with van der Waals surface area (Å²) in [5, 5.41) is 28.5. The molecule has 0 aromatic heterocycles. The molecule has 18 heavy (non-hydrogen) atoms. The molecule has 1 aromatic carbocycles. The van der Waals surface area contributed by atoms with Crippen LogP contribution in [-0.4, -0.2) is 23.9 Å². The average Bonchev–Trinajstić information content (AvgIpc) is 2.37. The van der Waals surface area contributed by atoms with Crippen LogP contribution in [0.25, 0.3) is 0 Å². The van der Waals surface area contributed by atoms with Gasteiger partial charge in [-0.2, -0.15) is 5.26 Å². The Morgan fingerprint density at radius 3 is 2.56 bits per heavy atom. The molecule has 4 N–H and O–H groups in total. The standard InChI is InChI=1S/C13H18N2O3/c1-13(2,7-16)12(15)10-8(6-14)4-5-9(18-3)11(10)17/h4-5,12,16-17H,7,15H2,1-3H3/t12-/m0/s1. The fourth-order valence-electron chi connectivity index (χ4n) is 1.65. The van der Waals surface area contributed by atoms with Crippen molar-refractivity contribution in [3.05, 3.63) is 23.3 Å². The van der Waals surface area contributed by atoms with E-state index in [1.807, 2.05) is 6.07 Å². The number of nitriles is 1. The first-order valence-corrected chi connectivity index (χ1v) is 5.55. The molecule has 0 saturated heterocycles. The van der Waals surface area contributed by atoms with Crippen LogP contribution in [0.2, 0.25) is 0 Å². The third-order valence-corrected chi connectivity index (χ3v) is 3.08. The number of nitrogens with two attached hydrogens (primary N) is 1. The molecule has 1 atom stereocenters. The molecule has 0 unspecified atom stereocenters. The molecule has 0 aliphatic carbocycles. The van der Waals surface area contributed by atoms with E-state index in [9.17, 15) is 10.2 Å². The topological polar surface area (TPSA) is 99.5 Å². The Morgan fingerprint density at radius 1 is 1.50 bits per heavy atom. The largest absolute Gasteiger partial charge is 0.504 e. The monoisotopic (exact) mass is 250 g/mol. The number of hydrogen-bond acceptors (Lipinski definition) is 5. The molecule has 0 saturated carbocycles. The van der Waals surface area contributed by atoms with Crippen molar-refractivity contribution >= 4 is 0 Å². The molecule has 1 aromatic rings. The Balaban J connectivity index is 3.43. The predicted molar refractivity (Wildman–Crippen MR) is 67.2 cm³/mol. The highest BCUT2D eigenvalue weighted by atomic mass is 16.5. The van der Waals surface area contributed by atoms with Gasteiger partial charge in [0.1, 0.15) is 0 Å². The van der Waals surface area contributed by atoms with Gasteiger partial charge in [0.25, 0.3) is 0 Å². The number of benzene rings is 1. The molecular formula is C13H18N2O3. The smallest absolute Gasteiger partial charge is 0.163 e. The van der Waals surface area contributed by atoms with Gasteiger partial charge in [-0.3, -0.25) is 0 Å². The number of hydrogen-bond donors (Lipinski definition) is 3. The van der Waals surface area contributed by atoms with Gasteiger partial charge in [-0.1, -0.05) is 13.8 Å². The van der Waals surface area contributed by atoms with Crippen LogP contribution in [0.3, 0.4) is 0 Å². The third kappa shape index (κ3) is 2.40. The first-order chi connectivity index (χ1) is 8.38. The van der Waals surface area contributed by atoms with Crippen LogP contribution in [0.5, 0.6) is 11.5 Å². The van der Waals surface area contributed by atoms with E-state index in [0.717, 1.165) is 0 Å². The van der Waals surface area contributed by atoms with E-state index < -0.39 is 11.5 Å². The number of aliphatic hydroxyl groups is 1. The summed E-state index contributed by atoms with van der Waals surface area (Å²) in [5.74, 6) is 0.110. The van der Waals surface area contributed by atoms with Crippen molar-refractivity contribution in [2.75, 3.05) is 13.7 Å². The average molecular weight is 250 g/mol. The Labute approximate surface area is 106 Å². The molecular weight excluding hydrogens is 232 g/mol. The first-order valence-electron chi connectivity index (χ1n) is 5.55. The van der Waals surface area contributed by atoms with E-state index in [2.05, 4.69) is 0 Å². The Bertz CT molecular complexity index is 478. The second-order valence-electron chi connectivity index (χ2n) is 4.81. The van der Waals surface area contributed by atoms with Crippen LogP contribution >= 0.6 is 0 Å². The molecule has 1 rings (SSSR count). The van der Waals surface area contributed by atoms with Gasteiger partial charge in [-0.05, 0) is 12.1 Å². The normalized spacial score (nSPS) is 12.9. The van der Waals surface area contributed by atoms with Crippen molar-refractivity contribution in [3.63, 3.8) is 0 Å². The summed E-state index contributed by atoms with van der Waals surface area (Å²) in [7, 11) is 1.42. The van der Waals surface area contributed by atoms with Gasteiger partial charge in [0.2, 0.25) is 0 Å². The molecule has 5 nitrogen and oxygen atoms in total.